The highest BCUT2D eigenvalue weighted by atomic mass is 32.2. The van der Waals surface area contributed by atoms with Gasteiger partial charge in [0.25, 0.3) is 15.9 Å². The number of aromatic nitrogens is 1. The molecule has 0 aliphatic carbocycles. The van der Waals surface area contributed by atoms with Crippen LogP contribution in [0.25, 0.3) is 0 Å². The average molecular weight is 343 g/mol. The molecule has 2 rings (SSSR count). The summed E-state index contributed by atoms with van der Waals surface area (Å²) in [4.78, 5) is 16.9. The molecule has 0 bridgehead atoms. The van der Waals surface area contributed by atoms with Gasteiger partial charge in [0.1, 0.15) is 0 Å². The Kier molecular flexibility index (Phi) is 4.41. The van der Waals surface area contributed by atoms with Gasteiger partial charge in [0.15, 0.2) is 10.9 Å². The van der Waals surface area contributed by atoms with Gasteiger partial charge in [-0.05, 0) is 39.8 Å². The maximum absolute atomic E-state index is 12.1. The molecule has 7 nitrogen and oxygen atoms in total. The summed E-state index contributed by atoms with van der Waals surface area (Å²) in [6.45, 7) is 7.01. The van der Waals surface area contributed by atoms with Gasteiger partial charge in [0, 0.05) is 16.6 Å². The monoisotopic (exact) mass is 343 g/mol. The van der Waals surface area contributed by atoms with E-state index in [-0.39, 0.29) is 10.9 Å². The van der Waals surface area contributed by atoms with Crippen LogP contribution in [0.15, 0.2) is 27.8 Å². The molecule has 0 unspecified atom stereocenters. The van der Waals surface area contributed by atoms with Gasteiger partial charge in [-0.2, -0.15) is 0 Å². The van der Waals surface area contributed by atoms with Gasteiger partial charge in [-0.3, -0.25) is 10.1 Å². The van der Waals surface area contributed by atoms with Gasteiger partial charge in [0.2, 0.25) is 5.09 Å². The third-order valence-electron chi connectivity index (χ3n) is 2.35. The summed E-state index contributed by atoms with van der Waals surface area (Å²) in [7, 11) is -3.81. The van der Waals surface area contributed by atoms with E-state index >= 15 is 0 Å². The predicted octanol–water partition coefficient (Wildman–Crippen LogP) is 2.37. The minimum Gasteiger partial charge on any atom is -0.438 e. The van der Waals surface area contributed by atoms with E-state index in [4.69, 9.17) is 4.42 Å². The number of amides is 1. The van der Waals surface area contributed by atoms with Crippen molar-refractivity contribution in [3.63, 3.8) is 0 Å². The fourth-order valence-electron chi connectivity index (χ4n) is 1.61. The first-order valence-electron chi connectivity index (χ1n) is 6.44. The fourth-order valence-corrected chi connectivity index (χ4v) is 3.62. The lowest BCUT2D eigenvalue weighted by molar-refractivity contribution is 0.0991. The zero-order valence-electron chi connectivity index (χ0n) is 12.6. The number of carbonyl (C=O) groups excluding carboxylic acids is 1. The molecule has 9 heteroatoms. The van der Waals surface area contributed by atoms with E-state index in [9.17, 15) is 13.2 Å². The average Bonchev–Trinajstić information content (AvgIpc) is 2.95. The molecule has 0 aromatic carbocycles. The van der Waals surface area contributed by atoms with Crippen LogP contribution in [-0.2, 0) is 10.0 Å². The van der Waals surface area contributed by atoms with Gasteiger partial charge in [-0.25, -0.2) is 18.1 Å². The molecule has 1 amide bonds. The smallest absolute Gasteiger partial charge is 0.293 e. The van der Waals surface area contributed by atoms with Crippen molar-refractivity contribution in [2.45, 2.75) is 38.3 Å². The summed E-state index contributed by atoms with van der Waals surface area (Å²) >= 11 is 1.32. The Morgan fingerprint density at radius 3 is 2.55 bits per heavy atom. The van der Waals surface area contributed by atoms with E-state index in [1.54, 1.807) is 27.0 Å². The SMILES string of the molecule is Cc1cnc(NC(=O)c2ccc(S(=O)(=O)NC(C)(C)C)o2)s1. The molecule has 2 heterocycles. The Hall–Kier alpha value is -1.71. The largest absolute Gasteiger partial charge is 0.438 e. The van der Waals surface area contributed by atoms with Crippen molar-refractivity contribution in [2.24, 2.45) is 0 Å². The normalized spacial score (nSPS) is 12.4. The summed E-state index contributed by atoms with van der Waals surface area (Å²) in [5.41, 5.74) is -0.646. The first-order chi connectivity index (χ1) is 10.1. The van der Waals surface area contributed by atoms with E-state index in [0.717, 1.165) is 4.88 Å². The first kappa shape index (κ1) is 16.7. The van der Waals surface area contributed by atoms with Crippen molar-refractivity contribution in [3.05, 3.63) is 29.0 Å². The van der Waals surface area contributed by atoms with Gasteiger partial charge < -0.3 is 4.42 Å². The Morgan fingerprint density at radius 1 is 1.32 bits per heavy atom. The van der Waals surface area contributed by atoms with Crippen LogP contribution >= 0.6 is 11.3 Å². The number of furan rings is 1. The molecule has 0 spiro atoms. The number of nitrogens with one attached hydrogen (secondary N) is 2. The molecule has 0 aliphatic rings. The molecule has 0 aliphatic heterocycles. The van der Waals surface area contributed by atoms with Crippen molar-refractivity contribution < 1.29 is 17.6 Å². The third-order valence-corrected chi connectivity index (χ3v) is 4.81. The second-order valence-corrected chi connectivity index (χ2v) is 8.55. The van der Waals surface area contributed by atoms with E-state index in [1.165, 1.54) is 23.5 Å². The highest BCUT2D eigenvalue weighted by Gasteiger charge is 2.26. The van der Waals surface area contributed by atoms with Crippen LogP contribution in [0.5, 0.6) is 0 Å². The number of rotatable bonds is 4. The van der Waals surface area contributed by atoms with Crippen molar-refractivity contribution in [3.8, 4) is 0 Å². The van der Waals surface area contributed by atoms with Crippen LogP contribution < -0.4 is 10.0 Å². The van der Waals surface area contributed by atoms with Crippen LogP contribution in [0, 0.1) is 6.92 Å². The Morgan fingerprint density at radius 2 is 2.00 bits per heavy atom. The maximum atomic E-state index is 12.1. The lowest BCUT2D eigenvalue weighted by Gasteiger charge is -2.18. The Bertz CT molecular complexity index is 784. The number of nitrogens with zero attached hydrogens (tertiary/aromatic N) is 1. The van der Waals surface area contributed by atoms with E-state index in [0.29, 0.717) is 5.13 Å². The fraction of sp³-hybridized carbons (Fsp3) is 0.385. The Balaban J connectivity index is 2.15. The number of hydrogen-bond acceptors (Lipinski definition) is 6. The predicted molar refractivity (Wildman–Crippen MR) is 83.6 cm³/mol. The number of carbonyl (C=O) groups is 1. The first-order valence-corrected chi connectivity index (χ1v) is 8.74. The molecule has 2 aromatic rings. The summed E-state index contributed by atoms with van der Waals surface area (Å²) in [5.74, 6) is -0.645. The zero-order chi connectivity index (χ0) is 16.5. The van der Waals surface area contributed by atoms with Crippen LogP contribution in [-0.4, -0.2) is 24.8 Å². The van der Waals surface area contributed by atoms with Gasteiger partial charge >= 0.3 is 0 Å². The topological polar surface area (TPSA) is 101 Å². The summed E-state index contributed by atoms with van der Waals surface area (Å²) in [6, 6.07) is 2.56. The van der Waals surface area contributed by atoms with Crippen LogP contribution in [0.1, 0.15) is 36.2 Å². The van der Waals surface area contributed by atoms with Gasteiger partial charge in [0.05, 0.1) is 0 Å². The molecule has 22 heavy (non-hydrogen) atoms. The lowest BCUT2D eigenvalue weighted by Crippen LogP contribution is -2.40. The van der Waals surface area contributed by atoms with E-state index < -0.39 is 21.5 Å². The molecule has 2 aromatic heterocycles. The molecule has 0 fully saturated rings. The summed E-state index contributed by atoms with van der Waals surface area (Å²) in [6.07, 6.45) is 1.63. The van der Waals surface area contributed by atoms with E-state index in [1.807, 2.05) is 6.92 Å². The van der Waals surface area contributed by atoms with Crippen molar-refractivity contribution >= 4 is 32.4 Å². The molecule has 0 saturated carbocycles. The third kappa shape index (κ3) is 4.15. The second kappa shape index (κ2) is 5.82. The second-order valence-electron chi connectivity index (χ2n) is 5.70. The number of anilines is 1. The molecule has 0 atom stereocenters. The molecule has 120 valence electrons. The maximum Gasteiger partial charge on any atom is 0.293 e. The molecule has 0 radical (unpaired) electrons. The van der Waals surface area contributed by atoms with Crippen molar-refractivity contribution in [1.82, 2.24) is 9.71 Å². The van der Waals surface area contributed by atoms with Crippen molar-refractivity contribution in [2.75, 3.05) is 5.32 Å². The van der Waals surface area contributed by atoms with Gasteiger partial charge in [-0.1, -0.05) is 0 Å². The van der Waals surface area contributed by atoms with Crippen molar-refractivity contribution in [1.29, 1.82) is 0 Å². The molecule has 0 saturated heterocycles. The zero-order valence-corrected chi connectivity index (χ0v) is 14.3. The van der Waals surface area contributed by atoms with Crippen LogP contribution in [0.3, 0.4) is 0 Å². The summed E-state index contributed by atoms with van der Waals surface area (Å²) < 4.78 is 31.8. The molecule has 2 N–H and O–H groups in total. The molecular weight excluding hydrogens is 326 g/mol. The lowest BCUT2D eigenvalue weighted by atomic mass is 10.1. The number of aryl methyl sites for hydroxylation is 1. The standard InChI is InChI=1S/C13H17N3O4S2/c1-8-7-14-12(21-8)15-11(17)9-5-6-10(20-9)22(18,19)16-13(2,3)4/h5-7,16H,1-4H3,(H,14,15,17). The highest BCUT2D eigenvalue weighted by Crippen LogP contribution is 2.20. The number of sulfonamides is 1. The molecular formula is C13H17N3O4S2. The Labute approximate surface area is 132 Å². The summed E-state index contributed by atoms with van der Waals surface area (Å²) in [5, 5.41) is 2.68. The highest BCUT2D eigenvalue weighted by molar-refractivity contribution is 7.89. The van der Waals surface area contributed by atoms with Crippen LogP contribution in [0.2, 0.25) is 0 Å². The minimum atomic E-state index is -3.81. The minimum absolute atomic E-state index is 0.0952. The number of thiazole rings is 1. The number of hydrogen-bond donors (Lipinski definition) is 2. The van der Waals surface area contributed by atoms with E-state index in [2.05, 4.69) is 15.0 Å². The quantitative estimate of drug-likeness (QED) is 0.887. The van der Waals surface area contributed by atoms with Gasteiger partial charge in [-0.15, -0.1) is 11.3 Å². The van der Waals surface area contributed by atoms with Crippen LogP contribution in [0.4, 0.5) is 5.13 Å².